The number of carbonyl (C=O) groups excluding carboxylic acids is 2. The molecule has 0 aliphatic carbocycles. The first-order valence-electron chi connectivity index (χ1n) is 11.3. The summed E-state index contributed by atoms with van der Waals surface area (Å²) < 4.78 is 0. The van der Waals surface area contributed by atoms with Crippen LogP contribution < -0.4 is 5.32 Å². The number of hydrogen-bond donors (Lipinski definition) is 1. The smallest absolute Gasteiger partial charge is 0.255 e. The molecule has 0 radical (unpaired) electrons. The number of benzene rings is 1. The summed E-state index contributed by atoms with van der Waals surface area (Å²) in [5.74, 6) is -0.102. The molecule has 7 heteroatoms. The molecule has 1 aromatic carbocycles. The Hall–Kier alpha value is -3.61. The van der Waals surface area contributed by atoms with Crippen molar-refractivity contribution in [2.75, 3.05) is 13.1 Å². The fraction of sp³-hybridized carbons (Fsp3) is 0.346. The second-order valence-corrected chi connectivity index (χ2v) is 8.94. The van der Waals surface area contributed by atoms with Crippen molar-refractivity contribution >= 4 is 11.8 Å². The number of pyridine rings is 1. The molecule has 0 spiro atoms. The molecule has 1 aliphatic rings. The average molecular weight is 444 g/mol. The van der Waals surface area contributed by atoms with Crippen LogP contribution in [0.15, 0.2) is 67.5 Å². The highest BCUT2D eigenvalue weighted by Crippen LogP contribution is 2.37. The van der Waals surface area contributed by atoms with E-state index < -0.39 is 5.41 Å². The monoisotopic (exact) mass is 443 g/mol. The van der Waals surface area contributed by atoms with Crippen LogP contribution >= 0.6 is 0 Å². The SMILES string of the molecule is CC(C)NC(=O)C1(Cc2ccccc2-c2cncnc2)CCCN(C(=O)c2cccnc2)C1. The zero-order valence-corrected chi connectivity index (χ0v) is 19.1. The van der Waals surface area contributed by atoms with Gasteiger partial charge in [-0.3, -0.25) is 14.6 Å². The lowest BCUT2D eigenvalue weighted by atomic mass is 9.73. The maximum atomic E-state index is 13.6. The third kappa shape index (κ3) is 5.08. The molecule has 0 bridgehead atoms. The Bertz CT molecular complexity index is 1100. The van der Waals surface area contributed by atoms with Crippen molar-refractivity contribution in [1.29, 1.82) is 0 Å². The van der Waals surface area contributed by atoms with Crippen LogP contribution in [0.2, 0.25) is 0 Å². The topological polar surface area (TPSA) is 88.1 Å². The lowest BCUT2D eigenvalue weighted by molar-refractivity contribution is -0.134. The minimum Gasteiger partial charge on any atom is -0.353 e. The average Bonchev–Trinajstić information content (AvgIpc) is 2.85. The van der Waals surface area contributed by atoms with Crippen molar-refractivity contribution in [1.82, 2.24) is 25.2 Å². The standard InChI is InChI=1S/C26H29N5O2/c1-19(2)30-25(33)26(10-6-12-31(17-26)24(32)21-8-5-11-27-14-21)13-20-7-3-4-9-23(20)22-15-28-18-29-16-22/h3-5,7-9,11,14-16,18-19H,6,10,12-13,17H2,1-2H3,(H,30,33). The van der Waals surface area contributed by atoms with Gasteiger partial charge in [-0.05, 0) is 56.4 Å². The van der Waals surface area contributed by atoms with E-state index >= 15 is 0 Å². The van der Waals surface area contributed by atoms with Crippen LogP contribution in [0.4, 0.5) is 0 Å². The fourth-order valence-corrected chi connectivity index (χ4v) is 4.56. The highest BCUT2D eigenvalue weighted by molar-refractivity contribution is 5.94. The number of likely N-dealkylation sites (tertiary alicyclic amines) is 1. The predicted molar refractivity (Wildman–Crippen MR) is 126 cm³/mol. The number of aromatic nitrogens is 3. The van der Waals surface area contributed by atoms with Gasteiger partial charge in [0.25, 0.3) is 5.91 Å². The molecule has 2 amide bonds. The highest BCUT2D eigenvalue weighted by atomic mass is 16.2. The number of piperidine rings is 1. The molecule has 33 heavy (non-hydrogen) atoms. The van der Waals surface area contributed by atoms with Gasteiger partial charge in [-0.25, -0.2) is 9.97 Å². The second kappa shape index (κ2) is 9.90. The van der Waals surface area contributed by atoms with Crippen molar-refractivity contribution in [3.63, 3.8) is 0 Å². The van der Waals surface area contributed by atoms with Gasteiger partial charge in [0.2, 0.25) is 5.91 Å². The first-order chi connectivity index (χ1) is 16.0. The Morgan fingerprint density at radius 3 is 2.58 bits per heavy atom. The summed E-state index contributed by atoms with van der Waals surface area (Å²) in [6.07, 6.45) is 10.3. The Morgan fingerprint density at radius 2 is 1.85 bits per heavy atom. The zero-order valence-electron chi connectivity index (χ0n) is 19.1. The lowest BCUT2D eigenvalue weighted by Crippen LogP contribution is -2.55. The Kier molecular flexibility index (Phi) is 6.77. The van der Waals surface area contributed by atoms with E-state index in [1.807, 2.05) is 32.0 Å². The molecule has 3 heterocycles. The van der Waals surface area contributed by atoms with Crippen molar-refractivity contribution in [2.45, 2.75) is 39.2 Å². The largest absolute Gasteiger partial charge is 0.353 e. The molecule has 2 aromatic heterocycles. The summed E-state index contributed by atoms with van der Waals surface area (Å²) in [6.45, 7) is 4.90. The summed E-state index contributed by atoms with van der Waals surface area (Å²) in [7, 11) is 0. The maximum Gasteiger partial charge on any atom is 0.255 e. The molecule has 1 aliphatic heterocycles. The van der Waals surface area contributed by atoms with Crippen LogP contribution in [0.1, 0.15) is 42.6 Å². The number of carbonyl (C=O) groups is 2. The van der Waals surface area contributed by atoms with Gasteiger partial charge in [-0.2, -0.15) is 0 Å². The van der Waals surface area contributed by atoms with E-state index in [0.29, 0.717) is 31.5 Å². The van der Waals surface area contributed by atoms with Crippen molar-refractivity contribution in [3.8, 4) is 11.1 Å². The normalized spacial score (nSPS) is 18.2. The van der Waals surface area contributed by atoms with Gasteiger partial charge in [0.05, 0.1) is 11.0 Å². The van der Waals surface area contributed by atoms with Crippen LogP contribution in [0.5, 0.6) is 0 Å². The van der Waals surface area contributed by atoms with Gasteiger partial charge in [0.15, 0.2) is 0 Å². The Morgan fingerprint density at radius 1 is 1.06 bits per heavy atom. The predicted octanol–water partition coefficient (Wildman–Crippen LogP) is 3.53. The summed E-state index contributed by atoms with van der Waals surface area (Å²) in [5.41, 5.74) is 2.77. The first kappa shape index (κ1) is 22.6. The number of hydrogen-bond acceptors (Lipinski definition) is 5. The molecule has 1 fully saturated rings. The maximum absolute atomic E-state index is 13.6. The molecule has 1 unspecified atom stereocenters. The van der Waals surface area contributed by atoms with E-state index in [1.165, 1.54) is 6.33 Å². The third-order valence-electron chi connectivity index (χ3n) is 6.09. The molecule has 1 N–H and O–H groups in total. The van der Waals surface area contributed by atoms with Crippen LogP contribution in [0, 0.1) is 5.41 Å². The van der Waals surface area contributed by atoms with E-state index in [2.05, 4.69) is 26.3 Å². The van der Waals surface area contributed by atoms with Crippen LogP contribution in [-0.2, 0) is 11.2 Å². The van der Waals surface area contributed by atoms with E-state index in [-0.39, 0.29) is 17.9 Å². The van der Waals surface area contributed by atoms with E-state index in [1.54, 1.807) is 41.8 Å². The molecular formula is C26H29N5O2. The van der Waals surface area contributed by atoms with Crippen molar-refractivity contribution < 1.29 is 9.59 Å². The summed E-state index contributed by atoms with van der Waals surface area (Å²) in [5, 5.41) is 3.12. The van der Waals surface area contributed by atoms with Crippen LogP contribution in [0.25, 0.3) is 11.1 Å². The number of rotatable bonds is 6. The second-order valence-electron chi connectivity index (χ2n) is 8.94. The molecular weight excluding hydrogens is 414 g/mol. The minimum atomic E-state index is -0.730. The zero-order chi connectivity index (χ0) is 23.3. The molecule has 4 rings (SSSR count). The molecule has 1 saturated heterocycles. The molecule has 0 saturated carbocycles. The van der Waals surface area contributed by atoms with Gasteiger partial charge < -0.3 is 10.2 Å². The van der Waals surface area contributed by atoms with Crippen molar-refractivity contribution in [3.05, 3.63) is 78.6 Å². The Balaban J connectivity index is 1.69. The van der Waals surface area contributed by atoms with Gasteiger partial charge in [-0.15, -0.1) is 0 Å². The van der Waals surface area contributed by atoms with Gasteiger partial charge in [0, 0.05) is 49.5 Å². The van der Waals surface area contributed by atoms with E-state index in [4.69, 9.17) is 0 Å². The Labute approximate surface area is 194 Å². The van der Waals surface area contributed by atoms with Crippen LogP contribution in [0.3, 0.4) is 0 Å². The minimum absolute atomic E-state index is 0.0107. The summed E-state index contributed by atoms with van der Waals surface area (Å²) >= 11 is 0. The number of nitrogens with one attached hydrogen (secondary N) is 1. The third-order valence-corrected chi connectivity index (χ3v) is 6.09. The van der Waals surface area contributed by atoms with E-state index in [0.717, 1.165) is 23.1 Å². The van der Waals surface area contributed by atoms with Gasteiger partial charge in [-0.1, -0.05) is 24.3 Å². The number of amides is 2. The molecule has 3 aromatic rings. The molecule has 1 atom stereocenters. The quantitative estimate of drug-likeness (QED) is 0.630. The van der Waals surface area contributed by atoms with Gasteiger partial charge >= 0.3 is 0 Å². The lowest BCUT2D eigenvalue weighted by Gasteiger charge is -2.42. The summed E-state index contributed by atoms with van der Waals surface area (Å²) in [4.78, 5) is 41.0. The fourth-order valence-electron chi connectivity index (χ4n) is 4.56. The van der Waals surface area contributed by atoms with Crippen LogP contribution in [-0.4, -0.2) is 50.8 Å². The molecule has 170 valence electrons. The first-order valence-corrected chi connectivity index (χ1v) is 11.3. The molecule has 7 nitrogen and oxygen atoms in total. The van der Waals surface area contributed by atoms with Crippen molar-refractivity contribution in [2.24, 2.45) is 5.41 Å². The summed E-state index contributed by atoms with van der Waals surface area (Å²) in [6, 6.07) is 11.6. The number of nitrogens with zero attached hydrogens (tertiary/aromatic N) is 4. The highest BCUT2D eigenvalue weighted by Gasteiger charge is 2.44. The van der Waals surface area contributed by atoms with E-state index in [9.17, 15) is 9.59 Å². The van der Waals surface area contributed by atoms with Gasteiger partial charge in [0.1, 0.15) is 6.33 Å².